The molecule has 0 saturated carbocycles. The molecule has 9 rings (SSSR count). The topological polar surface area (TPSA) is 9.86 Å². The summed E-state index contributed by atoms with van der Waals surface area (Å²) in [5.74, 6) is 0. The van der Waals surface area contributed by atoms with E-state index < -0.39 is 0 Å². The summed E-state index contributed by atoms with van der Waals surface area (Å²) in [6, 6.07) is 49.0. The Bertz CT molecular complexity index is 2330. The lowest BCUT2D eigenvalue weighted by Gasteiger charge is -2.25. The Morgan fingerprint density at radius 1 is 0.439 bits per heavy atom. The SMILES string of the molecule is CC1(C)c2ccccc2-c2cccc(-n3c4ccccc4c4ccc5c6ccccc6n(-c6ccccc6)c5c43)c21. The van der Waals surface area contributed by atoms with E-state index in [1.807, 2.05) is 0 Å². The molecule has 8 aromatic rings. The molecule has 0 aliphatic heterocycles. The van der Waals surface area contributed by atoms with Crippen molar-refractivity contribution in [3.63, 3.8) is 0 Å². The van der Waals surface area contributed by atoms with Crippen molar-refractivity contribution < 1.29 is 0 Å². The van der Waals surface area contributed by atoms with Crippen molar-refractivity contribution in [2.75, 3.05) is 0 Å². The fraction of sp³-hybridized carbons (Fsp3) is 0.0769. The zero-order valence-corrected chi connectivity index (χ0v) is 23.1. The number of hydrogen-bond acceptors (Lipinski definition) is 0. The molecule has 6 aromatic carbocycles. The minimum atomic E-state index is -0.125. The standard InChI is InChI=1S/C39H28N2/c1-39(2)32-19-9-6-15-26(32)29-18-12-22-35(36(29)39)41-34-21-11-8-17-28(34)31-24-23-30-27-16-7-10-20-33(27)40(37(30)38(31)41)25-13-4-3-5-14-25/h3-24H,1-2H3. The van der Waals surface area contributed by atoms with Crippen molar-refractivity contribution in [3.05, 3.63) is 145 Å². The second kappa shape index (κ2) is 7.99. The van der Waals surface area contributed by atoms with E-state index in [9.17, 15) is 0 Å². The molecule has 0 unspecified atom stereocenters. The van der Waals surface area contributed by atoms with Crippen LogP contribution in [-0.4, -0.2) is 9.13 Å². The normalized spacial score (nSPS) is 13.8. The average Bonchev–Trinajstić information content (AvgIpc) is 3.62. The largest absolute Gasteiger partial charge is 0.307 e. The van der Waals surface area contributed by atoms with Crippen LogP contribution in [0.15, 0.2) is 133 Å². The fourth-order valence-electron chi connectivity index (χ4n) is 7.60. The molecule has 0 radical (unpaired) electrons. The summed E-state index contributed by atoms with van der Waals surface area (Å²) >= 11 is 0. The number of aromatic nitrogens is 2. The highest BCUT2D eigenvalue weighted by atomic mass is 15.0. The second-order valence-corrected chi connectivity index (χ2v) is 11.8. The first-order chi connectivity index (χ1) is 20.1. The van der Waals surface area contributed by atoms with Crippen LogP contribution in [0.2, 0.25) is 0 Å². The molecule has 0 saturated heterocycles. The number of hydrogen-bond donors (Lipinski definition) is 0. The predicted octanol–water partition coefficient (Wildman–Crippen LogP) is 10.2. The van der Waals surface area contributed by atoms with E-state index in [4.69, 9.17) is 0 Å². The summed E-state index contributed by atoms with van der Waals surface area (Å²) in [7, 11) is 0. The van der Waals surface area contributed by atoms with Crippen LogP contribution in [-0.2, 0) is 5.41 Å². The Balaban J connectivity index is 1.53. The first-order valence-corrected chi connectivity index (χ1v) is 14.4. The van der Waals surface area contributed by atoms with Crippen LogP contribution in [0.5, 0.6) is 0 Å². The Kier molecular flexibility index (Phi) is 4.42. The van der Waals surface area contributed by atoms with Crippen LogP contribution in [0.3, 0.4) is 0 Å². The molecular formula is C39H28N2. The molecule has 0 spiro atoms. The number of benzene rings is 6. The molecule has 2 nitrogen and oxygen atoms in total. The maximum Gasteiger partial charge on any atom is 0.0789 e. The molecule has 41 heavy (non-hydrogen) atoms. The van der Waals surface area contributed by atoms with Crippen LogP contribution in [0.4, 0.5) is 0 Å². The molecular weight excluding hydrogens is 496 g/mol. The third-order valence-corrected chi connectivity index (χ3v) is 9.28. The van der Waals surface area contributed by atoms with Crippen LogP contribution in [0.1, 0.15) is 25.0 Å². The van der Waals surface area contributed by atoms with E-state index in [2.05, 4.69) is 156 Å². The summed E-state index contributed by atoms with van der Waals surface area (Å²) < 4.78 is 5.02. The van der Waals surface area contributed by atoms with Gasteiger partial charge in [0.2, 0.25) is 0 Å². The van der Waals surface area contributed by atoms with Gasteiger partial charge in [0, 0.05) is 32.6 Å². The lowest BCUT2D eigenvalue weighted by atomic mass is 9.81. The first-order valence-electron chi connectivity index (χ1n) is 14.4. The molecule has 2 heterocycles. The van der Waals surface area contributed by atoms with Gasteiger partial charge in [-0.1, -0.05) is 117 Å². The Hall–Kier alpha value is -5.08. The number of nitrogens with zero attached hydrogens (tertiary/aromatic N) is 2. The van der Waals surface area contributed by atoms with Gasteiger partial charge in [0.25, 0.3) is 0 Å². The van der Waals surface area contributed by atoms with Crippen molar-refractivity contribution in [1.82, 2.24) is 9.13 Å². The number of para-hydroxylation sites is 3. The van der Waals surface area contributed by atoms with Gasteiger partial charge in [-0.25, -0.2) is 0 Å². The molecule has 0 bridgehead atoms. The zero-order valence-electron chi connectivity index (χ0n) is 23.1. The third kappa shape index (κ3) is 2.87. The van der Waals surface area contributed by atoms with Gasteiger partial charge < -0.3 is 9.13 Å². The maximum atomic E-state index is 2.55. The molecule has 1 aliphatic carbocycles. The van der Waals surface area contributed by atoms with Gasteiger partial charge >= 0.3 is 0 Å². The summed E-state index contributed by atoms with van der Waals surface area (Å²) in [4.78, 5) is 0. The van der Waals surface area contributed by atoms with E-state index in [1.165, 1.54) is 77.2 Å². The van der Waals surface area contributed by atoms with Crippen molar-refractivity contribution in [3.8, 4) is 22.5 Å². The molecule has 0 amide bonds. The predicted molar refractivity (Wildman–Crippen MR) is 173 cm³/mol. The summed E-state index contributed by atoms with van der Waals surface area (Å²) in [6.07, 6.45) is 0. The van der Waals surface area contributed by atoms with Gasteiger partial charge in [-0.05, 0) is 52.6 Å². The number of rotatable bonds is 2. The van der Waals surface area contributed by atoms with Crippen LogP contribution in [0, 0.1) is 0 Å². The van der Waals surface area contributed by atoms with E-state index in [0.29, 0.717) is 0 Å². The van der Waals surface area contributed by atoms with E-state index in [1.54, 1.807) is 0 Å². The maximum absolute atomic E-state index is 2.55. The second-order valence-electron chi connectivity index (χ2n) is 11.8. The Morgan fingerprint density at radius 2 is 1.00 bits per heavy atom. The minimum Gasteiger partial charge on any atom is -0.307 e. The average molecular weight is 525 g/mol. The zero-order chi connectivity index (χ0) is 27.3. The van der Waals surface area contributed by atoms with Gasteiger partial charge in [-0.2, -0.15) is 0 Å². The molecule has 0 N–H and O–H groups in total. The van der Waals surface area contributed by atoms with Gasteiger partial charge in [0.15, 0.2) is 0 Å². The highest BCUT2D eigenvalue weighted by molar-refractivity contribution is 6.24. The van der Waals surface area contributed by atoms with E-state index in [0.717, 1.165) is 0 Å². The molecule has 194 valence electrons. The third-order valence-electron chi connectivity index (χ3n) is 9.28. The van der Waals surface area contributed by atoms with Crippen molar-refractivity contribution in [2.45, 2.75) is 19.3 Å². The van der Waals surface area contributed by atoms with E-state index in [-0.39, 0.29) is 5.41 Å². The summed E-state index contributed by atoms with van der Waals surface area (Å²) in [5, 5.41) is 5.10. The molecule has 2 heteroatoms. The fourth-order valence-corrected chi connectivity index (χ4v) is 7.60. The van der Waals surface area contributed by atoms with Gasteiger partial charge in [0.05, 0.1) is 27.8 Å². The Morgan fingerprint density at radius 3 is 1.73 bits per heavy atom. The quantitative estimate of drug-likeness (QED) is 0.213. The van der Waals surface area contributed by atoms with Crippen molar-refractivity contribution in [1.29, 1.82) is 0 Å². The van der Waals surface area contributed by atoms with Crippen LogP contribution < -0.4 is 0 Å². The molecule has 2 aromatic heterocycles. The van der Waals surface area contributed by atoms with Gasteiger partial charge in [0.1, 0.15) is 0 Å². The Labute approximate surface area is 238 Å². The van der Waals surface area contributed by atoms with E-state index >= 15 is 0 Å². The lowest BCUT2D eigenvalue weighted by molar-refractivity contribution is 0.656. The smallest absolute Gasteiger partial charge is 0.0789 e. The van der Waals surface area contributed by atoms with Crippen LogP contribution in [0.25, 0.3) is 66.1 Å². The monoisotopic (exact) mass is 524 g/mol. The van der Waals surface area contributed by atoms with Crippen LogP contribution >= 0.6 is 0 Å². The first kappa shape index (κ1) is 22.7. The lowest BCUT2D eigenvalue weighted by Crippen LogP contribution is -2.18. The highest BCUT2D eigenvalue weighted by Crippen LogP contribution is 2.52. The molecule has 0 fully saturated rings. The van der Waals surface area contributed by atoms with Gasteiger partial charge in [-0.15, -0.1) is 0 Å². The number of fused-ring (bicyclic) bond motifs is 10. The molecule has 0 atom stereocenters. The van der Waals surface area contributed by atoms with Crippen molar-refractivity contribution >= 4 is 43.6 Å². The minimum absolute atomic E-state index is 0.125. The van der Waals surface area contributed by atoms with Gasteiger partial charge in [-0.3, -0.25) is 0 Å². The highest BCUT2D eigenvalue weighted by Gasteiger charge is 2.38. The van der Waals surface area contributed by atoms with Crippen molar-refractivity contribution in [2.24, 2.45) is 0 Å². The summed E-state index contributed by atoms with van der Waals surface area (Å²) in [5.41, 5.74) is 12.7. The molecule has 1 aliphatic rings. The summed E-state index contributed by atoms with van der Waals surface area (Å²) in [6.45, 7) is 4.76.